The molecule has 0 saturated heterocycles. The van der Waals surface area contributed by atoms with Gasteiger partial charge in [0.25, 0.3) is 6.43 Å². The monoisotopic (exact) mass is 253 g/mol. The van der Waals surface area contributed by atoms with E-state index in [1.165, 1.54) is 11.6 Å². The number of benzene rings is 1. The Morgan fingerprint density at radius 1 is 1.33 bits per heavy atom. The van der Waals surface area contributed by atoms with Gasteiger partial charge in [-0.3, -0.25) is 0 Å². The van der Waals surface area contributed by atoms with Crippen LogP contribution in [0.5, 0.6) is 0 Å². The first-order valence-electron chi connectivity index (χ1n) is 6.45. The molecule has 0 saturated carbocycles. The van der Waals surface area contributed by atoms with Gasteiger partial charge in [-0.2, -0.15) is 0 Å². The predicted molar refractivity (Wildman–Crippen MR) is 72.8 cm³/mol. The number of halogens is 2. The minimum Gasteiger partial charge on any atom is -0.313 e. The molecule has 0 bridgehead atoms. The van der Waals surface area contributed by atoms with Crippen LogP contribution in [-0.4, -0.2) is 13.1 Å². The van der Waals surface area contributed by atoms with Crippen molar-refractivity contribution in [2.24, 2.45) is 0 Å². The van der Waals surface area contributed by atoms with Crippen molar-refractivity contribution in [1.29, 1.82) is 0 Å². The Kier molecular flexibility index (Phi) is 6.58. The second kappa shape index (κ2) is 7.98. The van der Waals surface area contributed by atoms with Gasteiger partial charge in [0.2, 0.25) is 0 Å². The van der Waals surface area contributed by atoms with Crippen LogP contribution >= 0.6 is 0 Å². The van der Waals surface area contributed by atoms with Gasteiger partial charge in [-0.05, 0) is 31.0 Å². The largest absolute Gasteiger partial charge is 0.313 e. The van der Waals surface area contributed by atoms with Crippen LogP contribution in [-0.2, 0) is 0 Å². The average molecular weight is 253 g/mol. The number of hydrogen-bond donors (Lipinski definition) is 1. The maximum Gasteiger partial charge on any atom is 0.263 e. The van der Waals surface area contributed by atoms with E-state index in [4.69, 9.17) is 0 Å². The quantitative estimate of drug-likeness (QED) is 0.709. The molecule has 0 fully saturated rings. The van der Waals surface area contributed by atoms with Crippen LogP contribution < -0.4 is 5.32 Å². The number of hydrogen-bond acceptors (Lipinski definition) is 1. The summed E-state index contributed by atoms with van der Waals surface area (Å²) in [5.41, 5.74) is 2.17. The molecule has 0 radical (unpaired) electrons. The summed E-state index contributed by atoms with van der Waals surface area (Å²) < 4.78 is 25.2. The Balaban J connectivity index is 2.75. The Bertz CT molecular complexity index is 386. The minimum absolute atomic E-state index is 0.0840. The zero-order valence-electron chi connectivity index (χ0n) is 11.0. The summed E-state index contributed by atoms with van der Waals surface area (Å²) in [6.07, 6.45) is 1.61. The van der Waals surface area contributed by atoms with Crippen molar-refractivity contribution in [3.8, 4) is 0 Å². The van der Waals surface area contributed by atoms with Crippen molar-refractivity contribution in [2.75, 3.05) is 13.1 Å². The molecule has 0 unspecified atom stereocenters. The molecule has 1 aromatic carbocycles. The zero-order chi connectivity index (χ0) is 13.4. The lowest BCUT2D eigenvalue weighted by molar-refractivity contribution is 0.151. The first kappa shape index (κ1) is 14.8. The highest BCUT2D eigenvalue weighted by molar-refractivity contribution is 5.54. The van der Waals surface area contributed by atoms with Crippen molar-refractivity contribution in [3.05, 3.63) is 41.0 Å². The highest BCUT2D eigenvalue weighted by Gasteiger charge is 2.06. The molecule has 100 valence electrons. The summed E-state index contributed by atoms with van der Waals surface area (Å²) in [5, 5.41) is 3.33. The van der Waals surface area contributed by atoms with E-state index in [1.807, 2.05) is 12.1 Å². The molecule has 0 atom stereocenters. The van der Waals surface area contributed by atoms with Crippen molar-refractivity contribution >= 4 is 6.08 Å². The van der Waals surface area contributed by atoms with Gasteiger partial charge in [0.15, 0.2) is 0 Å². The second-order valence-corrected chi connectivity index (χ2v) is 4.30. The summed E-state index contributed by atoms with van der Waals surface area (Å²) in [6, 6.07) is 6.56. The maximum absolute atomic E-state index is 12.6. The Morgan fingerprint density at radius 3 is 2.72 bits per heavy atom. The summed E-state index contributed by atoms with van der Waals surface area (Å²) in [4.78, 5) is 0. The van der Waals surface area contributed by atoms with Gasteiger partial charge in [-0.15, -0.1) is 0 Å². The maximum atomic E-state index is 12.6. The van der Waals surface area contributed by atoms with Crippen LogP contribution in [0.2, 0.25) is 0 Å². The Labute approximate surface area is 108 Å². The molecular formula is C15H21F2N. The van der Waals surface area contributed by atoms with Crippen LogP contribution in [0.1, 0.15) is 44.2 Å². The molecule has 0 heterocycles. The molecule has 0 aliphatic rings. The van der Waals surface area contributed by atoms with Gasteiger partial charge in [-0.1, -0.05) is 43.7 Å². The molecule has 1 N–H and O–H groups in total. The molecule has 1 aromatic rings. The van der Waals surface area contributed by atoms with Gasteiger partial charge in [0.1, 0.15) is 0 Å². The van der Waals surface area contributed by atoms with Crippen LogP contribution in [0.15, 0.2) is 29.8 Å². The van der Waals surface area contributed by atoms with Crippen LogP contribution in [0, 0.1) is 0 Å². The Morgan fingerprint density at radius 2 is 2.11 bits per heavy atom. The highest BCUT2D eigenvalue weighted by atomic mass is 19.3. The summed E-state index contributed by atoms with van der Waals surface area (Å²) >= 11 is 0. The number of alkyl halides is 2. The molecule has 0 spiro atoms. The van der Waals surface area contributed by atoms with E-state index in [2.05, 4.69) is 19.2 Å². The molecular weight excluding hydrogens is 232 g/mol. The minimum atomic E-state index is -2.40. The lowest BCUT2D eigenvalue weighted by Gasteiger charge is -2.07. The third-order valence-electron chi connectivity index (χ3n) is 2.77. The molecule has 0 aromatic heterocycles. The van der Waals surface area contributed by atoms with E-state index >= 15 is 0 Å². The lowest BCUT2D eigenvalue weighted by Crippen LogP contribution is -2.17. The van der Waals surface area contributed by atoms with Gasteiger partial charge >= 0.3 is 0 Å². The van der Waals surface area contributed by atoms with Gasteiger partial charge < -0.3 is 5.32 Å². The zero-order valence-corrected chi connectivity index (χ0v) is 11.0. The smallest absolute Gasteiger partial charge is 0.263 e. The van der Waals surface area contributed by atoms with Gasteiger partial charge in [-0.25, -0.2) is 8.78 Å². The fraction of sp³-hybridized carbons (Fsp3) is 0.467. The van der Waals surface area contributed by atoms with E-state index in [0.29, 0.717) is 0 Å². The summed E-state index contributed by atoms with van der Waals surface area (Å²) in [5.74, 6) is 0. The van der Waals surface area contributed by atoms with Crippen LogP contribution in [0.3, 0.4) is 0 Å². The molecule has 18 heavy (non-hydrogen) atoms. The average Bonchev–Trinajstić information content (AvgIpc) is 2.38. The topological polar surface area (TPSA) is 12.0 Å². The van der Waals surface area contributed by atoms with Crippen LogP contribution in [0.25, 0.3) is 6.08 Å². The molecule has 0 aliphatic carbocycles. The van der Waals surface area contributed by atoms with E-state index in [9.17, 15) is 8.78 Å². The van der Waals surface area contributed by atoms with Gasteiger partial charge in [0.05, 0.1) is 0 Å². The third-order valence-corrected chi connectivity index (χ3v) is 2.77. The number of nitrogens with one attached hydrogen (secondary N) is 1. The van der Waals surface area contributed by atoms with Crippen molar-refractivity contribution < 1.29 is 8.78 Å². The van der Waals surface area contributed by atoms with E-state index in [1.54, 1.807) is 12.1 Å². The summed E-state index contributed by atoms with van der Waals surface area (Å²) in [6.45, 7) is 6.00. The van der Waals surface area contributed by atoms with Gasteiger partial charge in [0, 0.05) is 12.1 Å². The molecule has 3 heteroatoms. The standard InChI is InChI=1S/C15H21F2N/c1-3-8-18-11-12(4-2)9-13-6-5-7-14(10-13)15(16)17/h5-7,9-10,15,18H,3-4,8,11H2,1-2H3/b12-9+. The van der Waals surface area contributed by atoms with E-state index in [-0.39, 0.29) is 5.56 Å². The third kappa shape index (κ3) is 4.96. The fourth-order valence-electron chi connectivity index (χ4n) is 1.72. The van der Waals surface area contributed by atoms with Crippen molar-refractivity contribution in [3.63, 3.8) is 0 Å². The molecule has 1 rings (SSSR count). The Hall–Kier alpha value is -1.22. The lowest BCUT2D eigenvalue weighted by atomic mass is 10.1. The molecule has 0 aliphatic heterocycles. The number of rotatable bonds is 7. The molecule has 1 nitrogen and oxygen atoms in total. The second-order valence-electron chi connectivity index (χ2n) is 4.30. The van der Waals surface area contributed by atoms with Crippen molar-refractivity contribution in [1.82, 2.24) is 5.32 Å². The van der Waals surface area contributed by atoms with E-state index in [0.717, 1.165) is 31.5 Å². The fourth-order valence-corrected chi connectivity index (χ4v) is 1.72. The highest BCUT2D eigenvalue weighted by Crippen LogP contribution is 2.20. The first-order chi connectivity index (χ1) is 8.67. The molecule has 0 amide bonds. The summed E-state index contributed by atoms with van der Waals surface area (Å²) in [7, 11) is 0. The van der Waals surface area contributed by atoms with E-state index < -0.39 is 6.43 Å². The van der Waals surface area contributed by atoms with Crippen molar-refractivity contribution in [2.45, 2.75) is 33.1 Å². The SMILES string of the molecule is CCCNC/C(=C/c1cccc(C(F)F)c1)CC. The first-order valence-corrected chi connectivity index (χ1v) is 6.45. The van der Waals surface area contributed by atoms with Crippen LogP contribution in [0.4, 0.5) is 8.78 Å². The normalized spacial score (nSPS) is 12.2. The predicted octanol–water partition coefficient (Wildman–Crippen LogP) is 4.42.